The lowest BCUT2D eigenvalue weighted by atomic mass is 10.1. The Labute approximate surface area is 179 Å². The van der Waals surface area contributed by atoms with Gasteiger partial charge in [-0.15, -0.1) is 0 Å². The minimum absolute atomic E-state index is 0.0293. The van der Waals surface area contributed by atoms with E-state index in [1.165, 1.54) is 0 Å². The molecule has 0 aliphatic carbocycles. The summed E-state index contributed by atoms with van der Waals surface area (Å²) in [6, 6.07) is 14.5. The van der Waals surface area contributed by atoms with Gasteiger partial charge in [0.05, 0.1) is 24.4 Å². The van der Waals surface area contributed by atoms with Crippen LogP contribution in [0.25, 0.3) is 11.4 Å². The van der Waals surface area contributed by atoms with Crippen LogP contribution < -0.4 is 5.32 Å². The number of aryl methyl sites for hydroxylation is 1. The lowest BCUT2D eigenvalue weighted by Gasteiger charge is -2.19. The number of sulfonamides is 1. The second-order valence-corrected chi connectivity index (χ2v) is 9.17. The van der Waals surface area contributed by atoms with Gasteiger partial charge in [0.25, 0.3) is 0 Å². The van der Waals surface area contributed by atoms with E-state index in [0.717, 1.165) is 21.7 Å². The monoisotopic (exact) mass is 448 g/mol. The Balaban J connectivity index is 1.61. The van der Waals surface area contributed by atoms with Gasteiger partial charge in [-0.2, -0.15) is 9.29 Å². The molecule has 0 fully saturated rings. The summed E-state index contributed by atoms with van der Waals surface area (Å²) in [5.41, 5.74) is 2.47. The standard InChI is InChI=1S/C20H21ClN4O4S/c1-14-7-9-15(10-8-14)12-25(30(2,27)28)13-18(26)22-11-19-23-20(24-29-19)16-5-3-4-6-17(16)21/h3-10H,11-13H2,1-2H3,(H,22,26). The number of hydrogen-bond acceptors (Lipinski definition) is 6. The van der Waals surface area contributed by atoms with Crippen molar-refractivity contribution < 1.29 is 17.7 Å². The molecule has 0 saturated carbocycles. The molecule has 3 rings (SSSR count). The summed E-state index contributed by atoms with van der Waals surface area (Å²) in [4.78, 5) is 16.5. The predicted molar refractivity (Wildman–Crippen MR) is 113 cm³/mol. The number of rotatable bonds is 8. The van der Waals surface area contributed by atoms with Crippen molar-refractivity contribution in [3.8, 4) is 11.4 Å². The highest BCUT2D eigenvalue weighted by Crippen LogP contribution is 2.24. The van der Waals surface area contributed by atoms with Gasteiger partial charge >= 0.3 is 0 Å². The number of amides is 1. The number of hydrogen-bond donors (Lipinski definition) is 1. The second kappa shape index (κ2) is 9.38. The SMILES string of the molecule is Cc1ccc(CN(CC(=O)NCc2nc(-c3ccccc3Cl)no2)S(C)(=O)=O)cc1. The normalized spacial score (nSPS) is 11.6. The van der Waals surface area contributed by atoms with Crippen molar-refractivity contribution in [3.05, 3.63) is 70.6 Å². The summed E-state index contributed by atoms with van der Waals surface area (Å²) >= 11 is 6.12. The molecule has 3 aromatic rings. The number of carbonyl (C=O) groups excluding carboxylic acids is 1. The first kappa shape index (κ1) is 21.9. The Morgan fingerprint density at radius 2 is 1.87 bits per heavy atom. The quantitative estimate of drug-likeness (QED) is 0.568. The molecule has 30 heavy (non-hydrogen) atoms. The van der Waals surface area contributed by atoms with E-state index in [9.17, 15) is 13.2 Å². The van der Waals surface area contributed by atoms with Gasteiger partial charge in [0.1, 0.15) is 0 Å². The molecule has 2 aromatic carbocycles. The van der Waals surface area contributed by atoms with Crippen LogP contribution in [0.2, 0.25) is 5.02 Å². The van der Waals surface area contributed by atoms with Crippen LogP contribution in [0.5, 0.6) is 0 Å². The number of benzene rings is 2. The van der Waals surface area contributed by atoms with Crippen LogP contribution in [0, 0.1) is 6.92 Å². The van der Waals surface area contributed by atoms with E-state index < -0.39 is 15.9 Å². The Morgan fingerprint density at radius 1 is 1.17 bits per heavy atom. The van der Waals surface area contributed by atoms with E-state index in [1.807, 2.05) is 31.2 Å². The van der Waals surface area contributed by atoms with Crippen molar-refractivity contribution in [2.75, 3.05) is 12.8 Å². The maximum Gasteiger partial charge on any atom is 0.246 e. The zero-order valence-electron chi connectivity index (χ0n) is 16.5. The summed E-state index contributed by atoms with van der Waals surface area (Å²) in [5, 5.41) is 6.94. The molecule has 1 heterocycles. The van der Waals surface area contributed by atoms with Crippen LogP contribution in [0.1, 0.15) is 17.0 Å². The zero-order valence-corrected chi connectivity index (χ0v) is 18.1. The average molecular weight is 449 g/mol. The molecule has 0 spiro atoms. The molecular weight excluding hydrogens is 428 g/mol. The number of halogens is 1. The van der Waals surface area contributed by atoms with Gasteiger partial charge in [-0.25, -0.2) is 8.42 Å². The van der Waals surface area contributed by atoms with Gasteiger partial charge in [0.15, 0.2) is 0 Å². The van der Waals surface area contributed by atoms with Crippen LogP contribution in [0.15, 0.2) is 53.1 Å². The molecule has 1 aromatic heterocycles. The van der Waals surface area contributed by atoms with Gasteiger partial charge in [0.2, 0.25) is 27.6 Å². The maximum atomic E-state index is 12.3. The Morgan fingerprint density at radius 3 is 2.53 bits per heavy atom. The number of aromatic nitrogens is 2. The van der Waals surface area contributed by atoms with Gasteiger partial charge in [-0.3, -0.25) is 4.79 Å². The Bertz CT molecular complexity index is 1130. The van der Waals surface area contributed by atoms with E-state index in [1.54, 1.807) is 24.3 Å². The summed E-state index contributed by atoms with van der Waals surface area (Å²) in [6.45, 7) is 1.70. The molecule has 0 atom stereocenters. The fourth-order valence-electron chi connectivity index (χ4n) is 2.66. The van der Waals surface area contributed by atoms with Crippen molar-refractivity contribution in [1.82, 2.24) is 19.8 Å². The highest BCUT2D eigenvalue weighted by molar-refractivity contribution is 7.88. The number of nitrogens with one attached hydrogen (secondary N) is 1. The molecule has 1 amide bonds. The minimum atomic E-state index is -3.58. The third kappa shape index (κ3) is 5.88. The smallest absolute Gasteiger partial charge is 0.246 e. The highest BCUT2D eigenvalue weighted by atomic mass is 35.5. The predicted octanol–water partition coefficient (Wildman–Crippen LogP) is 2.78. The van der Waals surface area contributed by atoms with E-state index >= 15 is 0 Å². The second-order valence-electron chi connectivity index (χ2n) is 6.78. The van der Waals surface area contributed by atoms with E-state index in [-0.39, 0.29) is 25.5 Å². The summed E-state index contributed by atoms with van der Waals surface area (Å²) < 4.78 is 30.4. The van der Waals surface area contributed by atoms with Crippen LogP contribution in [-0.2, 0) is 27.9 Å². The van der Waals surface area contributed by atoms with Crippen molar-refractivity contribution in [1.29, 1.82) is 0 Å². The van der Waals surface area contributed by atoms with Crippen LogP contribution in [-0.4, -0.2) is 41.6 Å². The van der Waals surface area contributed by atoms with Crippen molar-refractivity contribution >= 4 is 27.5 Å². The topological polar surface area (TPSA) is 105 Å². The van der Waals surface area contributed by atoms with Gasteiger partial charge in [-0.1, -0.05) is 58.7 Å². The van der Waals surface area contributed by atoms with E-state index in [4.69, 9.17) is 16.1 Å². The number of nitrogens with zero attached hydrogens (tertiary/aromatic N) is 3. The molecule has 0 aliphatic rings. The zero-order chi connectivity index (χ0) is 21.7. The lowest BCUT2D eigenvalue weighted by molar-refractivity contribution is -0.121. The van der Waals surface area contributed by atoms with E-state index in [2.05, 4.69) is 15.5 Å². The molecular formula is C20H21ClN4O4S. The third-order valence-electron chi connectivity index (χ3n) is 4.29. The summed E-state index contributed by atoms with van der Waals surface area (Å²) in [6.07, 6.45) is 1.07. The largest absolute Gasteiger partial charge is 0.346 e. The van der Waals surface area contributed by atoms with Crippen LogP contribution in [0.4, 0.5) is 0 Å². The first-order valence-electron chi connectivity index (χ1n) is 9.07. The molecule has 0 bridgehead atoms. The molecule has 0 radical (unpaired) electrons. The van der Waals surface area contributed by atoms with Crippen LogP contribution in [0.3, 0.4) is 0 Å². The molecule has 10 heteroatoms. The van der Waals surface area contributed by atoms with E-state index in [0.29, 0.717) is 16.4 Å². The lowest BCUT2D eigenvalue weighted by Crippen LogP contribution is -2.39. The summed E-state index contributed by atoms with van der Waals surface area (Å²) in [5.74, 6) is 0.00900. The van der Waals surface area contributed by atoms with Crippen LogP contribution >= 0.6 is 11.6 Å². The van der Waals surface area contributed by atoms with Crippen molar-refractivity contribution in [3.63, 3.8) is 0 Å². The Kier molecular flexibility index (Phi) is 6.86. The van der Waals surface area contributed by atoms with Crippen molar-refractivity contribution in [2.24, 2.45) is 0 Å². The Hall–Kier alpha value is -2.75. The first-order chi connectivity index (χ1) is 14.2. The highest BCUT2D eigenvalue weighted by Gasteiger charge is 2.21. The molecule has 1 N–H and O–H groups in total. The molecule has 8 nitrogen and oxygen atoms in total. The average Bonchev–Trinajstić information content (AvgIpc) is 3.16. The number of carbonyl (C=O) groups is 1. The van der Waals surface area contributed by atoms with Gasteiger partial charge < -0.3 is 9.84 Å². The molecule has 0 unspecified atom stereocenters. The third-order valence-corrected chi connectivity index (χ3v) is 5.81. The first-order valence-corrected chi connectivity index (χ1v) is 11.3. The maximum absolute atomic E-state index is 12.3. The van der Waals surface area contributed by atoms with Gasteiger partial charge in [0, 0.05) is 12.1 Å². The fraction of sp³-hybridized carbons (Fsp3) is 0.250. The minimum Gasteiger partial charge on any atom is -0.346 e. The molecule has 0 saturated heterocycles. The fourth-order valence-corrected chi connectivity index (χ4v) is 3.61. The molecule has 0 aliphatic heterocycles. The van der Waals surface area contributed by atoms with Gasteiger partial charge in [-0.05, 0) is 24.6 Å². The molecule has 158 valence electrons. The van der Waals surface area contributed by atoms with Crippen molar-refractivity contribution in [2.45, 2.75) is 20.0 Å². The summed E-state index contributed by atoms with van der Waals surface area (Å²) in [7, 11) is -3.58.